The number of furan rings is 1. The van der Waals surface area contributed by atoms with E-state index in [1.165, 1.54) is 0 Å². The van der Waals surface area contributed by atoms with E-state index < -0.39 is 0 Å². The number of rotatable bonds is 7. The molecule has 24 heavy (non-hydrogen) atoms. The van der Waals surface area contributed by atoms with Crippen molar-refractivity contribution in [3.05, 3.63) is 54.5 Å². The summed E-state index contributed by atoms with van der Waals surface area (Å²) in [5, 5.41) is 13.0. The van der Waals surface area contributed by atoms with Crippen LogP contribution in [0.3, 0.4) is 0 Å². The van der Waals surface area contributed by atoms with Gasteiger partial charge >= 0.3 is 0 Å². The number of hydrogen-bond acceptors (Lipinski definition) is 4. The normalized spacial score (nSPS) is 16.2. The van der Waals surface area contributed by atoms with Gasteiger partial charge in [0, 0.05) is 11.2 Å². The molecule has 0 spiro atoms. The summed E-state index contributed by atoms with van der Waals surface area (Å²) < 4.78 is 5.40. The van der Waals surface area contributed by atoms with E-state index in [0.717, 1.165) is 37.1 Å². The lowest BCUT2D eigenvalue weighted by atomic mass is 9.99. The summed E-state index contributed by atoms with van der Waals surface area (Å²) in [6.45, 7) is 0.670. The fourth-order valence-electron chi connectivity index (χ4n) is 3.29. The van der Waals surface area contributed by atoms with Gasteiger partial charge in [0.25, 0.3) is 0 Å². The molecule has 1 aliphatic rings. The number of nitrogens with one attached hydrogen (secondary N) is 1. The van der Waals surface area contributed by atoms with Crippen LogP contribution in [0.15, 0.2) is 53.1 Å². The van der Waals surface area contributed by atoms with Gasteiger partial charge < -0.3 is 19.7 Å². The molecule has 2 aromatic rings. The van der Waals surface area contributed by atoms with Gasteiger partial charge in [0.2, 0.25) is 5.91 Å². The second-order valence-corrected chi connectivity index (χ2v) is 6.39. The lowest BCUT2D eigenvalue weighted by Gasteiger charge is -2.30. The van der Waals surface area contributed by atoms with E-state index in [4.69, 9.17) is 4.42 Å². The summed E-state index contributed by atoms with van der Waals surface area (Å²) in [6.07, 6.45) is 5.63. The first-order valence-electron chi connectivity index (χ1n) is 8.46. The van der Waals surface area contributed by atoms with Crippen LogP contribution in [0, 0.1) is 0 Å². The van der Waals surface area contributed by atoms with E-state index >= 15 is 0 Å². The number of para-hydroxylation sites is 1. The predicted molar refractivity (Wildman–Crippen MR) is 92.6 cm³/mol. The topological polar surface area (TPSA) is 65.7 Å². The Balaban J connectivity index is 1.71. The van der Waals surface area contributed by atoms with Crippen LogP contribution in [0.25, 0.3) is 0 Å². The van der Waals surface area contributed by atoms with Crippen molar-refractivity contribution in [2.24, 2.45) is 0 Å². The Kier molecular flexibility index (Phi) is 5.33. The third-order valence-electron chi connectivity index (χ3n) is 4.74. The highest BCUT2D eigenvalue weighted by Crippen LogP contribution is 2.29. The molecule has 5 nitrogen and oxygen atoms in total. The third-order valence-corrected chi connectivity index (χ3v) is 4.74. The molecule has 0 bridgehead atoms. The molecule has 1 aliphatic carbocycles. The summed E-state index contributed by atoms with van der Waals surface area (Å²) in [5.41, 5.74) is 0.535. The Hall–Kier alpha value is -2.11. The maximum absolute atomic E-state index is 12.8. The zero-order chi connectivity index (χ0) is 16.8. The van der Waals surface area contributed by atoms with E-state index in [1.54, 1.807) is 11.2 Å². The molecule has 1 saturated carbocycles. The molecule has 128 valence electrons. The van der Waals surface area contributed by atoms with Gasteiger partial charge in [-0.1, -0.05) is 31.0 Å². The monoisotopic (exact) mass is 328 g/mol. The van der Waals surface area contributed by atoms with Crippen LogP contribution in [0.5, 0.6) is 0 Å². The highest BCUT2D eigenvalue weighted by atomic mass is 16.3. The molecule has 0 saturated heterocycles. The van der Waals surface area contributed by atoms with E-state index in [1.807, 2.05) is 42.5 Å². The van der Waals surface area contributed by atoms with Gasteiger partial charge in [-0.2, -0.15) is 0 Å². The minimum atomic E-state index is -0.303. The van der Waals surface area contributed by atoms with E-state index in [2.05, 4.69) is 5.32 Å². The van der Waals surface area contributed by atoms with E-state index in [9.17, 15) is 9.90 Å². The minimum absolute atomic E-state index is 0.0303. The van der Waals surface area contributed by atoms with Gasteiger partial charge in [-0.05, 0) is 37.1 Å². The number of carbonyl (C=O) groups excluding carboxylic acids is 1. The van der Waals surface area contributed by atoms with E-state index in [-0.39, 0.29) is 24.6 Å². The molecular formula is C19H24N2O3. The van der Waals surface area contributed by atoms with Crippen molar-refractivity contribution in [3.63, 3.8) is 0 Å². The van der Waals surface area contributed by atoms with Crippen molar-refractivity contribution < 1.29 is 14.3 Å². The molecular weight excluding hydrogens is 304 g/mol. The Labute approximate surface area is 142 Å². The maximum atomic E-state index is 12.8. The first kappa shape index (κ1) is 16.7. The molecule has 1 heterocycles. The van der Waals surface area contributed by atoms with Crippen molar-refractivity contribution >= 4 is 11.6 Å². The Bertz CT molecular complexity index is 634. The number of aliphatic hydroxyl groups is 1. The third kappa shape index (κ3) is 3.86. The maximum Gasteiger partial charge on any atom is 0.241 e. The molecule has 1 fully saturated rings. The number of anilines is 1. The van der Waals surface area contributed by atoms with Crippen LogP contribution in [0.4, 0.5) is 5.69 Å². The summed E-state index contributed by atoms with van der Waals surface area (Å²) in [6, 6.07) is 13.3. The van der Waals surface area contributed by atoms with Crippen LogP contribution in [0.2, 0.25) is 0 Å². The van der Waals surface area contributed by atoms with Crippen LogP contribution in [-0.4, -0.2) is 29.7 Å². The van der Waals surface area contributed by atoms with Crippen molar-refractivity contribution in [2.75, 3.05) is 18.1 Å². The largest absolute Gasteiger partial charge is 0.467 e. The van der Waals surface area contributed by atoms with Crippen molar-refractivity contribution in [1.82, 2.24) is 5.32 Å². The summed E-state index contributed by atoms with van der Waals surface area (Å²) in [4.78, 5) is 14.5. The van der Waals surface area contributed by atoms with Gasteiger partial charge in [0.15, 0.2) is 0 Å². The average molecular weight is 328 g/mol. The Morgan fingerprint density at radius 2 is 1.92 bits per heavy atom. The summed E-state index contributed by atoms with van der Waals surface area (Å²) in [7, 11) is 0. The fraction of sp³-hybridized carbons (Fsp3) is 0.421. The Morgan fingerprint density at radius 3 is 2.54 bits per heavy atom. The SMILES string of the molecule is O=C(CNC1(CO)CCCC1)N(Cc1ccco1)c1ccccc1. The van der Waals surface area contributed by atoms with Crippen molar-refractivity contribution in [2.45, 2.75) is 37.8 Å². The van der Waals surface area contributed by atoms with Gasteiger partial charge in [-0.3, -0.25) is 4.79 Å². The van der Waals surface area contributed by atoms with Crippen molar-refractivity contribution in [3.8, 4) is 0 Å². The molecule has 0 atom stereocenters. The van der Waals surface area contributed by atoms with Crippen LogP contribution in [0.1, 0.15) is 31.4 Å². The quantitative estimate of drug-likeness (QED) is 0.820. The van der Waals surface area contributed by atoms with E-state index in [0.29, 0.717) is 6.54 Å². The number of hydrogen-bond donors (Lipinski definition) is 2. The predicted octanol–water partition coefficient (Wildman–Crippen LogP) is 2.71. The smallest absolute Gasteiger partial charge is 0.241 e. The Morgan fingerprint density at radius 1 is 1.17 bits per heavy atom. The molecule has 5 heteroatoms. The molecule has 1 aromatic carbocycles. The molecule has 2 N–H and O–H groups in total. The number of carbonyl (C=O) groups is 1. The summed E-state index contributed by atoms with van der Waals surface area (Å²) in [5.74, 6) is 0.710. The highest BCUT2D eigenvalue weighted by molar-refractivity contribution is 5.94. The van der Waals surface area contributed by atoms with Gasteiger partial charge in [-0.25, -0.2) is 0 Å². The minimum Gasteiger partial charge on any atom is -0.467 e. The highest BCUT2D eigenvalue weighted by Gasteiger charge is 2.33. The second-order valence-electron chi connectivity index (χ2n) is 6.39. The number of nitrogens with zero attached hydrogens (tertiary/aromatic N) is 1. The standard InChI is InChI=1S/C19H24N2O3/c22-15-19(10-4-5-11-19)20-13-18(23)21(14-17-9-6-12-24-17)16-7-2-1-3-8-16/h1-3,6-9,12,20,22H,4-5,10-11,13-15H2. The molecule has 0 radical (unpaired) electrons. The summed E-state index contributed by atoms with van der Waals surface area (Å²) >= 11 is 0. The first-order valence-corrected chi connectivity index (χ1v) is 8.46. The zero-order valence-electron chi connectivity index (χ0n) is 13.8. The van der Waals surface area contributed by atoms with Crippen LogP contribution in [-0.2, 0) is 11.3 Å². The molecule has 0 unspecified atom stereocenters. The van der Waals surface area contributed by atoms with Gasteiger partial charge in [0.05, 0.1) is 26.0 Å². The van der Waals surface area contributed by atoms with Crippen LogP contribution >= 0.6 is 0 Å². The fourth-order valence-corrected chi connectivity index (χ4v) is 3.29. The van der Waals surface area contributed by atoms with Gasteiger partial charge in [-0.15, -0.1) is 0 Å². The average Bonchev–Trinajstić information content (AvgIpc) is 3.31. The number of amides is 1. The lowest BCUT2D eigenvalue weighted by Crippen LogP contribution is -2.50. The number of benzene rings is 1. The number of aliphatic hydroxyl groups excluding tert-OH is 1. The zero-order valence-corrected chi connectivity index (χ0v) is 13.8. The molecule has 0 aliphatic heterocycles. The van der Waals surface area contributed by atoms with Crippen molar-refractivity contribution in [1.29, 1.82) is 0 Å². The van der Waals surface area contributed by atoms with Crippen LogP contribution < -0.4 is 10.2 Å². The molecule has 3 rings (SSSR count). The molecule has 1 amide bonds. The second kappa shape index (κ2) is 7.64. The first-order chi connectivity index (χ1) is 11.7. The molecule has 1 aromatic heterocycles. The lowest BCUT2D eigenvalue weighted by molar-refractivity contribution is -0.118. The van der Waals surface area contributed by atoms with Gasteiger partial charge in [0.1, 0.15) is 5.76 Å².